The minimum absolute atomic E-state index is 0.117. The van der Waals surface area contributed by atoms with E-state index in [1.54, 1.807) is 0 Å². The largest absolute Gasteiger partial charge is 0.489 e. The number of rotatable bonds is 7. The highest BCUT2D eigenvalue weighted by Gasteiger charge is 2.31. The van der Waals surface area contributed by atoms with Crippen LogP contribution in [0.15, 0.2) is 48.5 Å². The maximum Gasteiger partial charge on any atom is 0.254 e. The summed E-state index contributed by atoms with van der Waals surface area (Å²) in [6.07, 6.45) is 6.95. The number of benzene rings is 2. The van der Waals surface area contributed by atoms with Crippen molar-refractivity contribution < 1.29 is 14.3 Å². The smallest absolute Gasteiger partial charge is 0.254 e. The fraction of sp³-hybridized carbons (Fsp3) is 0.500. The van der Waals surface area contributed by atoms with E-state index in [-0.39, 0.29) is 11.8 Å². The van der Waals surface area contributed by atoms with Crippen molar-refractivity contribution in [2.24, 2.45) is 0 Å². The molecule has 0 aromatic heterocycles. The van der Waals surface area contributed by atoms with Crippen molar-refractivity contribution in [3.8, 4) is 5.75 Å². The van der Waals surface area contributed by atoms with Crippen LogP contribution in [0.5, 0.6) is 5.75 Å². The summed E-state index contributed by atoms with van der Waals surface area (Å²) in [5, 5.41) is 0. The Hall–Kier alpha value is -2.86. The molecule has 0 spiro atoms. The van der Waals surface area contributed by atoms with Crippen molar-refractivity contribution in [1.29, 1.82) is 0 Å². The van der Waals surface area contributed by atoms with Gasteiger partial charge in [-0.15, -0.1) is 0 Å². The molecule has 2 amide bonds. The third-order valence-electron chi connectivity index (χ3n) is 7.41. The molecule has 3 fully saturated rings. The van der Waals surface area contributed by atoms with Crippen molar-refractivity contribution in [2.45, 2.75) is 51.2 Å². The van der Waals surface area contributed by atoms with Gasteiger partial charge in [0, 0.05) is 43.3 Å². The summed E-state index contributed by atoms with van der Waals surface area (Å²) in [6, 6.07) is 15.5. The molecule has 34 heavy (non-hydrogen) atoms. The van der Waals surface area contributed by atoms with Gasteiger partial charge in [-0.1, -0.05) is 12.1 Å². The zero-order chi connectivity index (χ0) is 23.3. The Balaban J connectivity index is 1.13. The Morgan fingerprint density at radius 2 is 1.35 bits per heavy atom. The molecule has 0 aliphatic carbocycles. The fourth-order valence-corrected chi connectivity index (χ4v) is 5.43. The fourth-order valence-electron chi connectivity index (χ4n) is 5.43. The maximum absolute atomic E-state index is 13.1. The molecular weight excluding hydrogens is 426 g/mol. The molecule has 180 valence electrons. The van der Waals surface area contributed by atoms with Gasteiger partial charge in [0.25, 0.3) is 11.8 Å². The first-order valence-corrected chi connectivity index (χ1v) is 12.8. The lowest BCUT2D eigenvalue weighted by molar-refractivity contribution is 0.0708. The molecule has 2 aromatic rings. The second kappa shape index (κ2) is 10.6. The zero-order valence-corrected chi connectivity index (χ0v) is 20.0. The second-order valence-corrected chi connectivity index (χ2v) is 9.81. The number of amides is 2. The molecule has 1 unspecified atom stereocenters. The van der Waals surface area contributed by atoms with E-state index in [1.807, 2.05) is 53.4 Å². The van der Waals surface area contributed by atoms with Gasteiger partial charge in [0.05, 0.1) is 0 Å². The third kappa shape index (κ3) is 5.27. The van der Waals surface area contributed by atoms with Gasteiger partial charge in [-0.2, -0.15) is 0 Å². The average Bonchev–Trinajstić information content (AvgIpc) is 3.66. The van der Waals surface area contributed by atoms with E-state index in [0.717, 1.165) is 74.3 Å². The van der Waals surface area contributed by atoms with Crippen LogP contribution in [0.1, 0.15) is 64.8 Å². The van der Waals surface area contributed by atoms with Gasteiger partial charge < -0.3 is 19.4 Å². The van der Waals surface area contributed by atoms with E-state index in [9.17, 15) is 9.59 Å². The van der Waals surface area contributed by atoms with Gasteiger partial charge in [0.15, 0.2) is 0 Å². The predicted molar refractivity (Wildman–Crippen MR) is 132 cm³/mol. The number of ether oxygens (including phenoxy) is 1. The first kappa shape index (κ1) is 22.9. The lowest BCUT2D eigenvalue weighted by Crippen LogP contribution is -2.42. The number of carbonyl (C=O) groups is 2. The zero-order valence-electron chi connectivity index (χ0n) is 20.0. The molecule has 6 nitrogen and oxygen atoms in total. The van der Waals surface area contributed by atoms with Crippen molar-refractivity contribution >= 4 is 11.8 Å². The summed E-state index contributed by atoms with van der Waals surface area (Å²) in [6.45, 7) is 6.35. The molecule has 6 heteroatoms. The summed E-state index contributed by atoms with van der Waals surface area (Å²) in [5.74, 6) is 0.987. The van der Waals surface area contributed by atoms with Crippen molar-refractivity contribution in [3.63, 3.8) is 0 Å². The Morgan fingerprint density at radius 3 is 2.06 bits per heavy atom. The quantitative estimate of drug-likeness (QED) is 0.620. The highest BCUT2D eigenvalue weighted by Crippen LogP contribution is 2.24. The lowest BCUT2D eigenvalue weighted by atomic mass is 10.1. The van der Waals surface area contributed by atoms with Gasteiger partial charge in [-0.25, -0.2) is 0 Å². The van der Waals surface area contributed by atoms with E-state index in [1.165, 1.54) is 25.9 Å². The number of likely N-dealkylation sites (tertiary alicyclic amines) is 3. The molecule has 0 bridgehead atoms. The number of hydrogen-bond donors (Lipinski definition) is 0. The predicted octanol–water partition coefficient (Wildman–Crippen LogP) is 4.20. The first-order valence-electron chi connectivity index (χ1n) is 12.8. The van der Waals surface area contributed by atoms with Crippen LogP contribution < -0.4 is 4.74 Å². The Bertz CT molecular complexity index is 977. The molecule has 3 aliphatic rings. The highest BCUT2D eigenvalue weighted by molar-refractivity contribution is 5.95. The number of carbonyl (C=O) groups excluding carboxylic acids is 2. The molecule has 0 radical (unpaired) electrons. The molecule has 5 rings (SSSR count). The van der Waals surface area contributed by atoms with Crippen LogP contribution in [0, 0.1) is 0 Å². The summed E-state index contributed by atoms with van der Waals surface area (Å²) in [7, 11) is 0. The van der Waals surface area contributed by atoms with E-state index >= 15 is 0 Å². The molecule has 2 aromatic carbocycles. The summed E-state index contributed by atoms with van der Waals surface area (Å²) in [5.41, 5.74) is 2.48. The van der Waals surface area contributed by atoms with E-state index in [2.05, 4.69) is 9.80 Å². The summed E-state index contributed by atoms with van der Waals surface area (Å²) in [4.78, 5) is 32.1. The van der Waals surface area contributed by atoms with Crippen LogP contribution >= 0.6 is 0 Å². The van der Waals surface area contributed by atoms with Crippen LogP contribution in [-0.2, 0) is 6.61 Å². The van der Waals surface area contributed by atoms with E-state index in [4.69, 9.17) is 4.74 Å². The van der Waals surface area contributed by atoms with Gasteiger partial charge >= 0.3 is 0 Å². The minimum Gasteiger partial charge on any atom is -0.489 e. The number of hydrogen-bond acceptors (Lipinski definition) is 4. The van der Waals surface area contributed by atoms with Gasteiger partial charge in [0.2, 0.25) is 0 Å². The normalized spacial score (nSPS) is 20.8. The molecule has 3 saturated heterocycles. The molecule has 3 heterocycles. The van der Waals surface area contributed by atoms with Gasteiger partial charge in [-0.05, 0) is 93.6 Å². The number of nitrogens with zero attached hydrogens (tertiary/aromatic N) is 3. The minimum atomic E-state index is 0.117. The highest BCUT2D eigenvalue weighted by atomic mass is 16.5. The molecular formula is C28H35N3O3. The molecule has 3 aliphatic heterocycles. The monoisotopic (exact) mass is 461 g/mol. The van der Waals surface area contributed by atoms with Crippen LogP contribution in [0.4, 0.5) is 0 Å². The Morgan fingerprint density at radius 1 is 0.735 bits per heavy atom. The van der Waals surface area contributed by atoms with Crippen LogP contribution in [0.2, 0.25) is 0 Å². The molecule has 1 atom stereocenters. The third-order valence-corrected chi connectivity index (χ3v) is 7.41. The maximum atomic E-state index is 13.1. The van der Waals surface area contributed by atoms with E-state index < -0.39 is 0 Å². The van der Waals surface area contributed by atoms with E-state index in [0.29, 0.717) is 12.6 Å². The molecule has 0 N–H and O–H groups in total. The average molecular weight is 462 g/mol. The first-order chi connectivity index (χ1) is 16.7. The van der Waals surface area contributed by atoms with Crippen LogP contribution in [0.3, 0.4) is 0 Å². The lowest BCUT2D eigenvalue weighted by Gasteiger charge is -2.28. The summed E-state index contributed by atoms with van der Waals surface area (Å²) >= 11 is 0. The van der Waals surface area contributed by atoms with Crippen molar-refractivity contribution in [1.82, 2.24) is 14.7 Å². The summed E-state index contributed by atoms with van der Waals surface area (Å²) < 4.78 is 5.94. The van der Waals surface area contributed by atoms with Crippen LogP contribution in [0.25, 0.3) is 0 Å². The van der Waals surface area contributed by atoms with Gasteiger partial charge in [-0.3, -0.25) is 9.59 Å². The Labute approximate surface area is 202 Å². The van der Waals surface area contributed by atoms with Crippen LogP contribution in [-0.4, -0.2) is 71.8 Å². The van der Waals surface area contributed by atoms with Gasteiger partial charge in [0.1, 0.15) is 12.4 Å². The Kier molecular flexibility index (Phi) is 7.14. The SMILES string of the molecule is O=C(c1ccc(COc2ccc(C(=O)N3CCCC3CN3CCCC3)cc2)cc1)N1CCCC1. The molecule has 0 saturated carbocycles. The topological polar surface area (TPSA) is 53.1 Å². The second-order valence-electron chi connectivity index (χ2n) is 9.81. The van der Waals surface area contributed by atoms with Crippen molar-refractivity contribution in [2.75, 3.05) is 39.3 Å². The van der Waals surface area contributed by atoms with Crippen molar-refractivity contribution in [3.05, 3.63) is 65.2 Å². The standard InChI is InChI=1S/C28H35N3O3/c32-27(30-17-3-4-18-30)23-9-7-22(8-10-23)21-34-26-13-11-24(12-14-26)28(33)31-19-5-6-25(31)20-29-15-1-2-16-29/h7-14,25H,1-6,15-21H2.